The van der Waals surface area contributed by atoms with Gasteiger partial charge in [-0.1, -0.05) is 49.8 Å². The van der Waals surface area contributed by atoms with Crippen LogP contribution < -0.4 is 0 Å². The number of aryl methyl sites for hydroxylation is 1. The first-order valence-corrected chi connectivity index (χ1v) is 8.83. The summed E-state index contributed by atoms with van der Waals surface area (Å²) in [6, 6.07) is 8.38. The van der Waals surface area contributed by atoms with E-state index in [4.69, 9.17) is 14.5 Å². The summed E-state index contributed by atoms with van der Waals surface area (Å²) in [7, 11) is 0. The minimum atomic E-state index is -0.936. The highest BCUT2D eigenvalue weighted by Crippen LogP contribution is 2.60. The van der Waals surface area contributed by atoms with Crippen LogP contribution in [0.3, 0.4) is 0 Å². The molecule has 2 bridgehead atoms. The Balaban J connectivity index is 1.68. The summed E-state index contributed by atoms with van der Waals surface area (Å²) >= 11 is 0. The normalized spacial score (nSPS) is 40.0. The molecule has 1 aromatic rings. The van der Waals surface area contributed by atoms with Gasteiger partial charge in [0.2, 0.25) is 5.79 Å². The zero-order valence-corrected chi connectivity index (χ0v) is 15.0. The highest BCUT2D eigenvalue weighted by molar-refractivity contribution is 5.52. The zero-order chi connectivity index (χ0) is 17.1. The predicted molar refractivity (Wildman–Crippen MR) is 94.1 cm³/mol. The minimum absolute atomic E-state index is 0.0241. The molecule has 1 spiro atoms. The Kier molecular flexibility index (Phi) is 3.38. The van der Waals surface area contributed by atoms with E-state index in [1.54, 1.807) is 0 Å². The second-order valence-electron chi connectivity index (χ2n) is 8.27. The Hall–Kier alpha value is -1.42. The summed E-state index contributed by atoms with van der Waals surface area (Å²) in [6.07, 6.45) is 11.4. The largest absolute Gasteiger partial charge is 0.331 e. The molecule has 4 aliphatic rings. The quantitative estimate of drug-likeness (QED) is 0.568. The van der Waals surface area contributed by atoms with E-state index in [1.165, 1.54) is 5.56 Å². The molecule has 3 heteroatoms. The molecule has 0 N–H and O–H groups in total. The fraction of sp³-hybridized carbons (Fsp3) is 0.524. The van der Waals surface area contributed by atoms with Crippen molar-refractivity contribution in [1.29, 1.82) is 0 Å². The standard InChI is InChI=1S/C21H26O3/c1-16-6-8-17(9-7-16)10-13-20-14-15-21(24-23-20)18(2,3)11-5-12-19(21,4)22-20/h6-10,13-15H,5,11-12H2,1-4H3/b13-10+/t19-,20+,21+/m0/s1. The molecule has 128 valence electrons. The van der Waals surface area contributed by atoms with Crippen LogP contribution in [-0.2, 0) is 14.5 Å². The summed E-state index contributed by atoms with van der Waals surface area (Å²) < 4.78 is 6.52. The van der Waals surface area contributed by atoms with Gasteiger partial charge >= 0.3 is 0 Å². The van der Waals surface area contributed by atoms with E-state index < -0.39 is 11.4 Å². The van der Waals surface area contributed by atoms with Gasteiger partial charge in [0.25, 0.3) is 0 Å². The molecular weight excluding hydrogens is 300 g/mol. The van der Waals surface area contributed by atoms with Gasteiger partial charge in [-0.3, -0.25) is 0 Å². The first-order valence-electron chi connectivity index (χ1n) is 8.83. The molecule has 3 aliphatic heterocycles. The fourth-order valence-corrected chi connectivity index (χ4v) is 4.51. The lowest BCUT2D eigenvalue weighted by molar-refractivity contribution is -0.540. The van der Waals surface area contributed by atoms with Crippen molar-refractivity contribution < 1.29 is 14.5 Å². The lowest BCUT2D eigenvalue weighted by atomic mass is 9.57. The second kappa shape index (κ2) is 5.04. The minimum Gasteiger partial charge on any atom is -0.331 e. The molecule has 3 atom stereocenters. The maximum Gasteiger partial charge on any atom is 0.241 e. The van der Waals surface area contributed by atoms with Gasteiger partial charge in [-0.15, -0.1) is 0 Å². The van der Waals surface area contributed by atoms with E-state index in [1.807, 2.05) is 18.2 Å². The van der Waals surface area contributed by atoms with Crippen molar-refractivity contribution in [3.05, 3.63) is 53.6 Å². The molecule has 24 heavy (non-hydrogen) atoms. The summed E-state index contributed by atoms with van der Waals surface area (Å²) in [6.45, 7) is 8.72. The third-order valence-corrected chi connectivity index (χ3v) is 6.07. The first-order chi connectivity index (χ1) is 11.3. The number of rotatable bonds is 2. The molecule has 1 saturated carbocycles. The van der Waals surface area contributed by atoms with E-state index in [-0.39, 0.29) is 11.0 Å². The van der Waals surface area contributed by atoms with Crippen LogP contribution in [-0.4, -0.2) is 17.0 Å². The first kappa shape index (κ1) is 16.1. The Labute approximate surface area is 144 Å². The summed E-state index contributed by atoms with van der Waals surface area (Å²) in [5.41, 5.74) is 1.45. The van der Waals surface area contributed by atoms with Crippen molar-refractivity contribution >= 4 is 6.08 Å². The second-order valence-corrected chi connectivity index (χ2v) is 8.27. The average molecular weight is 326 g/mol. The number of hydrogen-bond acceptors (Lipinski definition) is 3. The topological polar surface area (TPSA) is 27.7 Å². The van der Waals surface area contributed by atoms with Gasteiger partial charge in [0.05, 0.1) is 0 Å². The lowest BCUT2D eigenvalue weighted by Gasteiger charge is -2.64. The predicted octanol–water partition coefficient (Wildman–Crippen LogP) is 4.96. The number of hydrogen-bond donors (Lipinski definition) is 0. The molecular formula is C21H26O3. The van der Waals surface area contributed by atoms with E-state index >= 15 is 0 Å². The molecule has 1 aromatic carbocycles. The third kappa shape index (κ3) is 2.15. The molecule has 1 aliphatic carbocycles. The molecule has 0 aromatic heterocycles. The Morgan fingerprint density at radius 3 is 2.38 bits per heavy atom. The smallest absolute Gasteiger partial charge is 0.241 e. The lowest BCUT2D eigenvalue weighted by Crippen LogP contribution is -2.73. The Bertz CT molecular complexity index is 702. The van der Waals surface area contributed by atoms with Gasteiger partial charge in [0.1, 0.15) is 5.60 Å². The van der Waals surface area contributed by atoms with E-state index in [2.05, 4.69) is 58.0 Å². The van der Waals surface area contributed by atoms with Crippen molar-refractivity contribution in [2.45, 2.75) is 63.9 Å². The van der Waals surface area contributed by atoms with Crippen LogP contribution >= 0.6 is 0 Å². The van der Waals surface area contributed by atoms with Gasteiger partial charge in [-0.05, 0) is 56.9 Å². The molecule has 0 radical (unpaired) electrons. The van der Waals surface area contributed by atoms with Crippen molar-refractivity contribution in [3.63, 3.8) is 0 Å². The van der Waals surface area contributed by atoms with Gasteiger partial charge in [0, 0.05) is 5.41 Å². The zero-order valence-electron chi connectivity index (χ0n) is 15.0. The van der Waals surface area contributed by atoms with Crippen LogP contribution in [0.2, 0.25) is 0 Å². The van der Waals surface area contributed by atoms with Gasteiger partial charge < -0.3 is 4.74 Å². The molecule has 3 heterocycles. The van der Waals surface area contributed by atoms with Gasteiger partial charge in [-0.2, -0.15) is 4.89 Å². The monoisotopic (exact) mass is 326 g/mol. The van der Waals surface area contributed by atoms with Gasteiger partial charge in [-0.25, -0.2) is 4.89 Å². The van der Waals surface area contributed by atoms with E-state index in [9.17, 15) is 0 Å². The number of benzene rings is 1. The van der Waals surface area contributed by atoms with Crippen molar-refractivity contribution in [2.24, 2.45) is 5.41 Å². The SMILES string of the molecule is Cc1ccc(/C=C/[C@]23C=C[C@@]4(OO2)C(C)(C)CCC[C@]4(C)O3)cc1. The molecule has 2 fully saturated rings. The highest BCUT2D eigenvalue weighted by Gasteiger charge is 2.68. The highest BCUT2D eigenvalue weighted by atomic mass is 17.3. The van der Waals surface area contributed by atoms with Crippen LogP contribution in [0.1, 0.15) is 51.2 Å². The molecule has 5 rings (SSSR count). The molecule has 1 saturated heterocycles. The van der Waals surface area contributed by atoms with Crippen molar-refractivity contribution in [1.82, 2.24) is 0 Å². The Morgan fingerprint density at radius 1 is 0.958 bits per heavy atom. The van der Waals surface area contributed by atoms with Crippen molar-refractivity contribution in [2.75, 3.05) is 0 Å². The maximum absolute atomic E-state index is 6.52. The van der Waals surface area contributed by atoms with Crippen LogP contribution in [0.25, 0.3) is 6.08 Å². The Morgan fingerprint density at radius 2 is 1.71 bits per heavy atom. The third-order valence-electron chi connectivity index (χ3n) is 6.07. The summed E-state index contributed by atoms with van der Waals surface area (Å²) in [4.78, 5) is 11.8. The number of fused-ring (bicyclic) bond motifs is 1. The average Bonchev–Trinajstić information content (AvgIpc) is 2.54. The maximum atomic E-state index is 6.52. The fourth-order valence-electron chi connectivity index (χ4n) is 4.51. The molecule has 0 amide bonds. The van der Waals surface area contributed by atoms with E-state index in [0.717, 1.165) is 24.8 Å². The molecule has 0 unspecified atom stereocenters. The van der Waals surface area contributed by atoms with Crippen LogP contribution in [0, 0.1) is 12.3 Å². The van der Waals surface area contributed by atoms with Crippen LogP contribution in [0.5, 0.6) is 0 Å². The summed E-state index contributed by atoms with van der Waals surface area (Å²) in [5, 5.41) is 0. The molecule has 3 nitrogen and oxygen atoms in total. The van der Waals surface area contributed by atoms with Gasteiger partial charge in [0.15, 0.2) is 5.60 Å². The van der Waals surface area contributed by atoms with Crippen LogP contribution in [0.4, 0.5) is 0 Å². The van der Waals surface area contributed by atoms with E-state index in [0.29, 0.717) is 0 Å². The van der Waals surface area contributed by atoms with Crippen LogP contribution in [0.15, 0.2) is 42.5 Å². The summed E-state index contributed by atoms with van der Waals surface area (Å²) in [5.74, 6) is -0.936. The number of ether oxygens (including phenoxy) is 1. The van der Waals surface area contributed by atoms with Crippen molar-refractivity contribution in [3.8, 4) is 0 Å².